The number of thiocarbonyl (C=S) groups is 1. The van der Waals surface area contributed by atoms with Crippen molar-refractivity contribution >= 4 is 40.4 Å². The van der Waals surface area contributed by atoms with Crippen molar-refractivity contribution in [1.29, 1.82) is 0 Å². The molecule has 0 unspecified atom stereocenters. The molecular formula is C19H16ClN3S. The van der Waals surface area contributed by atoms with E-state index >= 15 is 0 Å². The fourth-order valence-electron chi connectivity index (χ4n) is 2.30. The van der Waals surface area contributed by atoms with Crippen LogP contribution in [0, 0.1) is 0 Å². The molecule has 1 aromatic heterocycles. The summed E-state index contributed by atoms with van der Waals surface area (Å²) < 4.78 is 0. The Morgan fingerprint density at radius 1 is 0.917 bits per heavy atom. The maximum Gasteiger partial charge on any atom is 0.176 e. The summed E-state index contributed by atoms with van der Waals surface area (Å²) in [6, 6.07) is 23.5. The van der Waals surface area contributed by atoms with Crippen LogP contribution in [0.3, 0.4) is 0 Å². The second-order valence-corrected chi connectivity index (χ2v) is 6.11. The maximum atomic E-state index is 5.97. The Bertz CT molecular complexity index is 837. The van der Waals surface area contributed by atoms with Crippen molar-refractivity contribution in [2.24, 2.45) is 0 Å². The Kier molecular flexibility index (Phi) is 5.41. The van der Waals surface area contributed by atoms with E-state index in [-0.39, 0.29) is 0 Å². The number of hydrogen-bond acceptors (Lipinski definition) is 2. The number of anilines is 2. The average molecular weight is 354 g/mol. The highest BCUT2D eigenvalue weighted by Crippen LogP contribution is 2.15. The van der Waals surface area contributed by atoms with Crippen LogP contribution >= 0.6 is 23.8 Å². The van der Waals surface area contributed by atoms with Gasteiger partial charge in [0.2, 0.25) is 0 Å². The third kappa shape index (κ3) is 4.78. The lowest BCUT2D eigenvalue weighted by Gasteiger charge is -2.11. The quantitative estimate of drug-likeness (QED) is 0.637. The van der Waals surface area contributed by atoms with E-state index < -0.39 is 0 Å². The summed E-state index contributed by atoms with van der Waals surface area (Å²) in [5, 5.41) is 7.33. The third-order valence-electron chi connectivity index (χ3n) is 3.36. The number of benzene rings is 2. The first-order valence-electron chi connectivity index (χ1n) is 7.52. The lowest BCUT2D eigenvalue weighted by molar-refractivity contribution is 1.08. The summed E-state index contributed by atoms with van der Waals surface area (Å²) >= 11 is 11.3. The van der Waals surface area contributed by atoms with Gasteiger partial charge in [-0.1, -0.05) is 54.1 Å². The molecule has 0 aliphatic heterocycles. The van der Waals surface area contributed by atoms with Crippen molar-refractivity contribution in [3.05, 3.63) is 89.1 Å². The topological polar surface area (TPSA) is 37.0 Å². The van der Waals surface area contributed by atoms with E-state index in [4.69, 9.17) is 23.8 Å². The van der Waals surface area contributed by atoms with Crippen LogP contribution in [0.25, 0.3) is 0 Å². The van der Waals surface area contributed by atoms with Crippen LogP contribution in [0.15, 0.2) is 72.8 Å². The molecule has 0 fully saturated rings. The number of pyridine rings is 1. The highest BCUT2D eigenvalue weighted by Gasteiger charge is 2.03. The van der Waals surface area contributed by atoms with E-state index in [0.29, 0.717) is 16.0 Å². The van der Waals surface area contributed by atoms with Gasteiger partial charge >= 0.3 is 0 Å². The van der Waals surface area contributed by atoms with E-state index in [0.717, 1.165) is 17.8 Å². The van der Waals surface area contributed by atoms with Crippen molar-refractivity contribution in [2.75, 3.05) is 10.6 Å². The molecule has 2 N–H and O–H groups in total. The molecule has 3 nitrogen and oxygen atoms in total. The molecule has 0 saturated heterocycles. The number of halogens is 1. The summed E-state index contributed by atoms with van der Waals surface area (Å²) in [7, 11) is 0. The Morgan fingerprint density at radius 2 is 1.71 bits per heavy atom. The van der Waals surface area contributed by atoms with Gasteiger partial charge in [-0.2, -0.15) is 0 Å². The molecule has 120 valence electrons. The van der Waals surface area contributed by atoms with Crippen LogP contribution in [0.5, 0.6) is 0 Å². The fourth-order valence-corrected chi connectivity index (χ4v) is 2.71. The first-order valence-corrected chi connectivity index (χ1v) is 8.31. The lowest BCUT2D eigenvalue weighted by Crippen LogP contribution is -2.20. The van der Waals surface area contributed by atoms with Crippen LogP contribution in [0.2, 0.25) is 5.02 Å². The Balaban J connectivity index is 1.65. The standard InChI is InChI=1S/C19H16ClN3S/c20-15-8-4-9-17(13-15)22-19(24)23-18-11-5-10-16(21-18)12-14-6-2-1-3-7-14/h1-11,13H,12H2,(H2,21,22,23,24). The molecule has 24 heavy (non-hydrogen) atoms. The van der Waals surface area contributed by atoms with E-state index in [1.165, 1.54) is 5.56 Å². The molecule has 0 radical (unpaired) electrons. The molecule has 0 bridgehead atoms. The molecule has 0 spiro atoms. The minimum Gasteiger partial charge on any atom is -0.332 e. The molecule has 0 amide bonds. The molecule has 3 rings (SSSR count). The van der Waals surface area contributed by atoms with E-state index in [1.54, 1.807) is 0 Å². The summed E-state index contributed by atoms with van der Waals surface area (Å²) in [6.07, 6.45) is 0.783. The average Bonchev–Trinajstić information content (AvgIpc) is 2.56. The SMILES string of the molecule is S=C(Nc1cccc(Cl)c1)Nc1cccc(Cc2ccccc2)n1. The van der Waals surface area contributed by atoms with Crippen LogP contribution in [-0.2, 0) is 6.42 Å². The molecule has 0 aliphatic carbocycles. The van der Waals surface area contributed by atoms with Crippen LogP contribution in [0.1, 0.15) is 11.3 Å². The molecule has 2 aromatic carbocycles. The maximum absolute atomic E-state index is 5.97. The van der Waals surface area contributed by atoms with Crippen LogP contribution in [-0.4, -0.2) is 10.1 Å². The second-order valence-electron chi connectivity index (χ2n) is 5.27. The first kappa shape index (κ1) is 16.4. The molecule has 0 aliphatic rings. The number of nitrogens with zero attached hydrogens (tertiary/aromatic N) is 1. The monoisotopic (exact) mass is 353 g/mol. The van der Waals surface area contributed by atoms with Gasteiger partial charge in [0.1, 0.15) is 5.82 Å². The van der Waals surface area contributed by atoms with Gasteiger partial charge in [-0.15, -0.1) is 0 Å². The highest BCUT2D eigenvalue weighted by molar-refractivity contribution is 7.80. The zero-order chi connectivity index (χ0) is 16.8. The van der Waals surface area contributed by atoms with Crippen LogP contribution in [0.4, 0.5) is 11.5 Å². The lowest BCUT2D eigenvalue weighted by atomic mass is 10.1. The summed E-state index contributed by atoms with van der Waals surface area (Å²) in [6.45, 7) is 0. The molecule has 3 aromatic rings. The highest BCUT2D eigenvalue weighted by atomic mass is 35.5. The van der Waals surface area contributed by atoms with Crippen molar-refractivity contribution in [2.45, 2.75) is 6.42 Å². The van der Waals surface area contributed by atoms with Gasteiger partial charge in [-0.05, 0) is 48.1 Å². The Labute approximate surface area is 151 Å². The van der Waals surface area contributed by atoms with Crippen molar-refractivity contribution < 1.29 is 0 Å². The van der Waals surface area contributed by atoms with E-state index in [2.05, 4.69) is 27.8 Å². The van der Waals surface area contributed by atoms with Gasteiger partial charge in [0, 0.05) is 22.8 Å². The molecule has 5 heteroatoms. The van der Waals surface area contributed by atoms with Gasteiger partial charge < -0.3 is 10.6 Å². The van der Waals surface area contributed by atoms with Crippen LogP contribution < -0.4 is 10.6 Å². The van der Waals surface area contributed by atoms with Crippen molar-refractivity contribution in [3.8, 4) is 0 Å². The van der Waals surface area contributed by atoms with Gasteiger partial charge in [0.15, 0.2) is 5.11 Å². The predicted molar refractivity (Wildman–Crippen MR) is 105 cm³/mol. The van der Waals surface area contributed by atoms with E-state index in [9.17, 15) is 0 Å². The van der Waals surface area contributed by atoms with Crippen molar-refractivity contribution in [3.63, 3.8) is 0 Å². The second kappa shape index (κ2) is 7.90. The number of hydrogen-bond donors (Lipinski definition) is 2. The Morgan fingerprint density at radius 3 is 2.50 bits per heavy atom. The normalized spacial score (nSPS) is 10.2. The zero-order valence-electron chi connectivity index (χ0n) is 12.9. The summed E-state index contributed by atoms with van der Waals surface area (Å²) in [5.74, 6) is 0.711. The minimum atomic E-state index is 0.474. The largest absolute Gasteiger partial charge is 0.332 e. The smallest absolute Gasteiger partial charge is 0.176 e. The summed E-state index contributed by atoms with van der Waals surface area (Å²) in [5.41, 5.74) is 3.04. The minimum absolute atomic E-state index is 0.474. The number of nitrogens with one attached hydrogen (secondary N) is 2. The molecule has 0 atom stereocenters. The fraction of sp³-hybridized carbons (Fsp3) is 0.0526. The molecule has 1 heterocycles. The first-order chi connectivity index (χ1) is 11.7. The number of aromatic nitrogens is 1. The van der Waals surface area contributed by atoms with Gasteiger partial charge in [-0.3, -0.25) is 0 Å². The van der Waals surface area contributed by atoms with Gasteiger partial charge in [0.25, 0.3) is 0 Å². The van der Waals surface area contributed by atoms with Crippen molar-refractivity contribution in [1.82, 2.24) is 4.98 Å². The zero-order valence-corrected chi connectivity index (χ0v) is 14.4. The molecular weight excluding hydrogens is 338 g/mol. The third-order valence-corrected chi connectivity index (χ3v) is 3.80. The van der Waals surface area contributed by atoms with Gasteiger partial charge in [0.05, 0.1) is 0 Å². The summed E-state index contributed by atoms with van der Waals surface area (Å²) in [4.78, 5) is 4.60. The number of rotatable bonds is 4. The van der Waals surface area contributed by atoms with E-state index in [1.807, 2.05) is 60.7 Å². The predicted octanol–water partition coefficient (Wildman–Crippen LogP) is 5.13. The molecule has 0 saturated carbocycles. The van der Waals surface area contributed by atoms with Gasteiger partial charge in [-0.25, -0.2) is 4.98 Å². The Hall–Kier alpha value is -2.43.